The molecule has 0 aromatic carbocycles. The van der Waals surface area contributed by atoms with Gasteiger partial charge in [0, 0.05) is 6.54 Å². The van der Waals surface area contributed by atoms with Crippen LogP contribution in [0.3, 0.4) is 0 Å². The van der Waals surface area contributed by atoms with Gasteiger partial charge in [-0.15, -0.1) is 0 Å². The number of carboxylic acids is 1. The van der Waals surface area contributed by atoms with Crippen molar-refractivity contribution in [2.45, 2.75) is 20.3 Å². The maximum Gasteiger partial charge on any atom is 0.311 e. The lowest BCUT2D eigenvalue weighted by atomic mass is 9.88. The van der Waals surface area contributed by atoms with Gasteiger partial charge in [0.05, 0.1) is 18.9 Å². The van der Waals surface area contributed by atoms with Crippen LogP contribution in [0.4, 0.5) is 5.82 Å². The van der Waals surface area contributed by atoms with E-state index in [1.807, 2.05) is 0 Å². The number of aliphatic carboxylic acids is 1. The van der Waals surface area contributed by atoms with Gasteiger partial charge in [-0.05, 0) is 13.3 Å². The average Bonchev–Trinajstić information content (AvgIpc) is 2.35. The summed E-state index contributed by atoms with van der Waals surface area (Å²) in [7, 11) is 1.35. The molecule has 0 radical (unpaired) electrons. The van der Waals surface area contributed by atoms with Crippen molar-refractivity contribution in [3.8, 4) is 5.75 Å². The number of carboxylic acid groups (broad SMARTS) is 1. The number of methoxy groups -OCH3 is 1. The van der Waals surface area contributed by atoms with Gasteiger partial charge in [-0.2, -0.15) is 0 Å². The zero-order valence-corrected chi connectivity index (χ0v) is 10.6. The molecule has 0 aliphatic rings. The van der Waals surface area contributed by atoms with Crippen molar-refractivity contribution >= 4 is 11.8 Å². The zero-order valence-electron chi connectivity index (χ0n) is 10.6. The fourth-order valence-electron chi connectivity index (χ4n) is 1.33. The molecule has 3 N–H and O–H groups in total. The molecule has 1 unspecified atom stereocenters. The van der Waals surface area contributed by atoms with Crippen molar-refractivity contribution in [2.24, 2.45) is 5.41 Å². The van der Waals surface area contributed by atoms with E-state index in [4.69, 9.17) is 9.84 Å². The van der Waals surface area contributed by atoms with Gasteiger partial charge >= 0.3 is 5.97 Å². The van der Waals surface area contributed by atoms with E-state index in [-0.39, 0.29) is 18.1 Å². The number of rotatable bonds is 6. The summed E-state index contributed by atoms with van der Waals surface area (Å²) in [6.45, 7) is 3.58. The van der Waals surface area contributed by atoms with Gasteiger partial charge in [-0.25, -0.2) is 4.98 Å². The second-order valence-electron chi connectivity index (χ2n) is 4.19. The van der Waals surface area contributed by atoms with Crippen molar-refractivity contribution < 1.29 is 14.6 Å². The summed E-state index contributed by atoms with van der Waals surface area (Å²) in [5, 5.41) is 12.0. The number of nitrogens with zero attached hydrogens (tertiary/aromatic N) is 1. The Balaban J connectivity index is 2.90. The van der Waals surface area contributed by atoms with Crippen molar-refractivity contribution in [2.75, 3.05) is 19.0 Å². The molecule has 0 bridgehead atoms. The summed E-state index contributed by atoms with van der Waals surface area (Å²) in [6, 6.07) is 0. The van der Waals surface area contributed by atoms with Gasteiger partial charge in [-0.3, -0.25) is 9.59 Å². The summed E-state index contributed by atoms with van der Waals surface area (Å²) in [5.74, 6) is -0.621. The summed E-state index contributed by atoms with van der Waals surface area (Å²) in [4.78, 5) is 28.9. The van der Waals surface area contributed by atoms with Crippen LogP contribution >= 0.6 is 0 Å². The Labute approximate surface area is 104 Å². The molecule has 1 aromatic rings. The fraction of sp³-hybridized carbons (Fsp3) is 0.545. The highest BCUT2D eigenvalue weighted by molar-refractivity contribution is 5.75. The third-order valence-corrected chi connectivity index (χ3v) is 2.96. The second-order valence-corrected chi connectivity index (χ2v) is 4.19. The number of aromatic nitrogens is 2. The molecular formula is C11H17N3O4. The summed E-state index contributed by atoms with van der Waals surface area (Å²) < 4.78 is 4.92. The Kier molecular flexibility index (Phi) is 4.30. The van der Waals surface area contributed by atoms with Gasteiger partial charge in [0.2, 0.25) is 5.75 Å². The Bertz CT molecular complexity index is 485. The molecule has 1 atom stereocenters. The molecule has 0 aliphatic heterocycles. The lowest BCUT2D eigenvalue weighted by molar-refractivity contribution is -0.147. The van der Waals surface area contributed by atoms with Crippen LogP contribution < -0.4 is 15.6 Å². The van der Waals surface area contributed by atoms with Gasteiger partial charge in [0.25, 0.3) is 5.56 Å². The summed E-state index contributed by atoms with van der Waals surface area (Å²) in [6.07, 6.45) is 1.69. The molecule has 7 nitrogen and oxygen atoms in total. The Hall–Kier alpha value is -2.05. The predicted molar refractivity (Wildman–Crippen MR) is 65.9 cm³/mol. The van der Waals surface area contributed by atoms with Gasteiger partial charge in [0.15, 0.2) is 5.82 Å². The maximum absolute atomic E-state index is 11.4. The van der Waals surface area contributed by atoms with E-state index in [0.717, 1.165) is 0 Å². The lowest BCUT2D eigenvalue weighted by Gasteiger charge is -2.23. The van der Waals surface area contributed by atoms with E-state index in [9.17, 15) is 9.59 Å². The molecule has 1 aromatic heterocycles. The molecule has 0 saturated carbocycles. The largest absolute Gasteiger partial charge is 0.489 e. The van der Waals surface area contributed by atoms with Crippen LogP contribution in [-0.2, 0) is 4.79 Å². The number of hydrogen-bond acceptors (Lipinski definition) is 5. The van der Waals surface area contributed by atoms with Crippen LogP contribution in [0.25, 0.3) is 0 Å². The van der Waals surface area contributed by atoms with Crippen LogP contribution in [0.1, 0.15) is 20.3 Å². The van der Waals surface area contributed by atoms with E-state index in [1.165, 1.54) is 13.4 Å². The third-order valence-electron chi connectivity index (χ3n) is 2.96. The van der Waals surface area contributed by atoms with Crippen LogP contribution in [0.15, 0.2) is 11.1 Å². The first-order valence-electron chi connectivity index (χ1n) is 5.53. The molecule has 18 heavy (non-hydrogen) atoms. The number of anilines is 1. The Morgan fingerprint density at radius 1 is 1.67 bits per heavy atom. The van der Waals surface area contributed by atoms with Crippen molar-refractivity contribution in [1.82, 2.24) is 9.97 Å². The number of nitrogens with one attached hydrogen (secondary N) is 2. The minimum absolute atomic E-state index is 0.0429. The number of aromatic amines is 1. The topological polar surface area (TPSA) is 104 Å². The van der Waals surface area contributed by atoms with Crippen molar-refractivity contribution in [3.63, 3.8) is 0 Å². The van der Waals surface area contributed by atoms with E-state index >= 15 is 0 Å². The minimum Gasteiger partial charge on any atom is -0.489 e. The Morgan fingerprint density at radius 3 is 2.83 bits per heavy atom. The molecule has 0 aliphatic carbocycles. The van der Waals surface area contributed by atoms with Crippen LogP contribution in [0.5, 0.6) is 5.75 Å². The van der Waals surface area contributed by atoms with E-state index < -0.39 is 16.9 Å². The monoisotopic (exact) mass is 255 g/mol. The highest BCUT2D eigenvalue weighted by Crippen LogP contribution is 2.23. The first-order valence-corrected chi connectivity index (χ1v) is 5.53. The Morgan fingerprint density at radius 2 is 2.33 bits per heavy atom. The molecule has 1 rings (SSSR count). The standard InChI is InChI=1S/C11H17N3O4/c1-4-11(2,10(16)17)5-12-8-7(18-3)9(15)14-6-13-8/h6H,4-5H2,1-3H3,(H,16,17)(H2,12,13,14,15). The second kappa shape index (κ2) is 5.52. The molecule has 0 spiro atoms. The summed E-state index contributed by atoms with van der Waals surface area (Å²) >= 11 is 0. The molecule has 0 amide bonds. The molecule has 7 heteroatoms. The lowest BCUT2D eigenvalue weighted by Crippen LogP contribution is -2.34. The van der Waals surface area contributed by atoms with Crippen LogP contribution in [0, 0.1) is 5.41 Å². The zero-order chi connectivity index (χ0) is 13.8. The summed E-state index contributed by atoms with van der Waals surface area (Å²) in [5.41, 5.74) is -1.33. The number of hydrogen-bond donors (Lipinski definition) is 3. The quantitative estimate of drug-likeness (QED) is 0.691. The van der Waals surface area contributed by atoms with E-state index in [1.54, 1.807) is 13.8 Å². The minimum atomic E-state index is -0.921. The average molecular weight is 255 g/mol. The molecular weight excluding hydrogens is 238 g/mol. The fourth-order valence-corrected chi connectivity index (χ4v) is 1.33. The number of H-pyrrole nitrogens is 1. The van der Waals surface area contributed by atoms with Crippen molar-refractivity contribution in [1.29, 1.82) is 0 Å². The number of ether oxygens (including phenoxy) is 1. The third kappa shape index (κ3) is 2.79. The predicted octanol–water partition coefficient (Wildman–Crippen LogP) is 0.691. The molecule has 0 saturated heterocycles. The smallest absolute Gasteiger partial charge is 0.311 e. The van der Waals surface area contributed by atoms with Gasteiger partial charge < -0.3 is 20.1 Å². The van der Waals surface area contributed by atoms with Gasteiger partial charge in [-0.1, -0.05) is 6.92 Å². The first-order chi connectivity index (χ1) is 8.44. The first kappa shape index (κ1) is 14.0. The van der Waals surface area contributed by atoms with Crippen LogP contribution in [0.2, 0.25) is 0 Å². The van der Waals surface area contributed by atoms with Crippen LogP contribution in [-0.4, -0.2) is 34.7 Å². The van der Waals surface area contributed by atoms with E-state index in [0.29, 0.717) is 6.42 Å². The highest BCUT2D eigenvalue weighted by atomic mass is 16.5. The van der Waals surface area contributed by atoms with Crippen molar-refractivity contribution in [3.05, 3.63) is 16.7 Å². The molecule has 0 fully saturated rings. The molecule has 100 valence electrons. The highest BCUT2D eigenvalue weighted by Gasteiger charge is 2.31. The number of carbonyl (C=O) groups is 1. The van der Waals surface area contributed by atoms with Gasteiger partial charge in [0.1, 0.15) is 0 Å². The van der Waals surface area contributed by atoms with E-state index in [2.05, 4.69) is 15.3 Å². The maximum atomic E-state index is 11.4. The molecule has 1 heterocycles. The SMILES string of the molecule is CCC(C)(CNc1nc[nH]c(=O)c1OC)C(=O)O. The normalized spacial score (nSPS) is 13.7.